The zero-order chi connectivity index (χ0) is 20.9. The molecule has 7 heteroatoms. The summed E-state index contributed by atoms with van der Waals surface area (Å²) in [6.45, 7) is 2.47. The number of nitro benzene ring substituents is 1. The average molecular weight is 399 g/mol. The second-order valence-electron chi connectivity index (χ2n) is 6.79. The number of aromatic nitrogens is 2. The van der Waals surface area contributed by atoms with Crippen LogP contribution in [0.25, 0.3) is 10.9 Å². The molecule has 0 radical (unpaired) electrons. The maximum absolute atomic E-state index is 11.6. The van der Waals surface area contributed by atoms with Gasteiger partial charge in [-0.1, -0.05) is 60.7 Å². The van der Waals surface area contributed by atoms with E-state index in [0.717, 1.165) is 11.1 Å². The molecule has 3 aromatic carbocycles. The van der Waals surface area contributed by atoms with E-state index in [9.17, 15) is 10.1 Å². The average Bonchev–Trinajstić information content (AvgIpc) is 2.78. The summed E-state index contributed by atoms with van der Waals surface area (Å²) in [6, 6.07) is 23.1. The molecule has 1 aromatic heterocycles. The van der Waals surface area contributed by atoms with E-state index in [1.54, 1.807) is 6.07 Å². The number of rotatable bonds is 7. The van der Waals surface area contributed by atoms with Crippen molar-refractivity contribution in [1.82, 2.24) is 9.97 Å². The molecular weight excluding hydrogens is 378 g/mol. The summed E-state index contributed by atoms with van der Waals surface area (Å²) in [6.07, 6.45) is 1.47. The van der Waals surface area contributed by atoms with Gasteiger partial charge in [0.2, 0.25) is 0 Å². The molecule has 0 aliphatic heterocycles. The fraction of sp³-hybridized carbons (Fsp3) is 0.130. The van der Waals surface area contributed by atoms with Gasteiger partial charge in [0, 0.05) is 18.0 Å². The SMILES string of the molecule is CCNc1cc2ncnc(NC(c3ccccc3)c3ccccc3)c2cc1[N+](=O)[O-]. The Balaban J connectivity index is 1.83. The predicted octanol–water partition coefficient (Wildman–Crippen LogP) is 5.17. The third-order valence-corrected chi connectivity index (χ3v) is 4.86. The minimum absolute atomic E-state index is 0.00169. The van der Waals surface area contributed by atoms with Crippen LogP contribution in [0.4, 0.5) is 17.2 Å². The van der Waals surface area contributed by atoms with E-state index in [1.807, 2.05) is 67.6 Å². The van der Waals surface area contributed by atoms with Crippen molar-refractivity contribution in [1.29, 1.82) is 0 Å². The molecule has 0 saturated heterocycles. The van der Waals surface area contributed by atoms with Gasteiger partial charge in [-0.3, -0.25) is 10.1 Å². The van der Waals surface area contributed by atoms with Crippen molar-refractivity contribution in [2.75, 3.05) is 17.2 Å². The van der Waals surface area contributed by atoms with Gasteiger partial charge in [0.05, 0.1) is 16.5 Å². The predicted molar refractivity (Wildman–Crippen MR) is 119 cm³/mol. The van der Waals surface area contributed by atoms with Crippen molar-refractivity contribution >= 4 is 28.1 Å². The maximum atomic E-state index is 11.6. The second kappa shape index (κ2) is 8.57. The summed E-state index contributed by atoms with van der Waals surface area (Å²) in [5, 5.41) is 18.7. The molecule has 0 saturated carbocycles. The van der Waals surface area contributed by atoms with Crippen molar-refractivity contribution in [3.05, 3.63) is 100 Å². The van der Waals surface area contributed by atoms with Crippen molar-refractivity contribution in [3.63, 3.8) is 0 Å². The highest BCUT2D eigenvalue weighted by Gasteiger charge is 2.20. The van der Waals surface area contributed by atoms with Crippen molar-refractivity contribution in [2.24, 2.45) is 0 Å². The lowest BCUT2D eigenvalue weighted by atomic mass is 9.98. The first kappa shape index (κ1) is 19.3. The van der Waals surface area contributed by atoms with Gasteiger partial charge >= 0.3 is 0 Å². The molecule has 0 aliphatic carbocycles. The largest absolute Gasteiger partial charge is 0.380 e. The monoisotopic (exact) mass is 399 g/mol. The van der Waals surface area contributed by atoms with Crippen LogP contribution < -0.4 is 10.6 Å². The number of nitrogens with zero attached hydrogens (tertiary/aromatic N) is 3. The highest BCUT2D eigenvalue weighted by atomic mass is 16.6. The smallest absolute Gasteiger partial charge is 0.293 e. The third-order valence-electron chi connectivity index (χ3n) is 4.86. The number of fused-ring (bicyclic) bond motifs is 1. The minimum atomic E-state index is -0.389. The molecule has 0 atom stereocenters. The van der Waals surface area contributed by atoms with Crippen LogP contribution in [0.15, 0.2) is 79.1 Å². The molecule has 0 amide bonds. The first-order chi connectivity index (χ1) is 14.7. The van der Waals surface area contributed by atoms with E-state index in [-0.39, 0.29) is 16.7 Å². The summed E-state index contributed by atoms with van der Waals surface area (Å²) in [7, 11) is 0. The lowest BCUT2D eigenvalue weighted by Gasteiger charge is -2.21. The van der Waals surface area contributed by atoms with E-state index < -0.39 is 0 Å². The normalized spacial score (nSPS) is 10.9. The van der Waals surface area contributed by atoms with E-state index in [1.165, 1.54) is 12.4 Å². The molecule has 1 heterocycles. The summed E-state index contributed by atoms with van der Waals surface area (Å²) in [5.74, 6) is 0.545. The van der Waals surface area contributed by atoms with Crippen LogP contribution in [0.1, 0.15) is 24.1 Å². The Labute approximate surface area is 174 Å². The zero-order valence-corrected chi connectivity index (χ0v) is 16.4. The summed E-state index contributed by atoms with van der Waals surface area (Å²) >= 11 is 0. The van der Waals surface area contributed by atoms with Crippen molar-refractivity contribution in [3.8, 4) is 0 Å². The Morgan fingerprint density at radius 2 is 1.60 bits per heavy atom. The lowest BCUT2D eigenvalue weighted by Crippen LogP contribution is -2.14. The molecule has 0 bridgehead atoms. The van der Waals surface area contributed by atoms with Gasteiger partial charge in [-0.25, -0.2) is 9.97 Å². The second-order valence-corrected chi connectivity index (χ2v) is 6.79. The molecule has 4 rings (SSSR count). The van der Waals surface area contributed by atoms with Crippen molar-refractivity contribution < 1.29 is 4.92 Å². The van der Waals surface area contributed by atoms with Gasteiger partial charge in [-0.05, 0) is 24.1 Å². The number of hydrogen-bond acceptors (Lipinski definition) is 6. The zero-order valence-electron chi connectivity index (χ0n) is 16.4. The highest BCUT2D eigenvalue weighted by Crippen LogP contribution is 2.34. The van der Waals surface area contributed by atoms with E-state index >= 15 is 0 Å². The Bertz CT molecular complexity index is 1130. The highest BCUT2D eigenvalue weighted by molar-refractivity contribution is 5.94. The third kappa shape index (κ3) is 3.91. The van der Waals surface area contributed by atoms with Crippen molar-refractivity contribution in [2.45, 2.75) is 13.0 Å². The van der Waals surface area contributed by atoms with Gasteiger partial charge < -0.3 is 10.6 Å². The molecule has 0 fully saturated rings. The number of nitro groups is 1. The van der Waals surface area contributed by atoms with Crippen LogP contribution in [0, 0.1) is 10.1 Å². The maximum Gasteiger partial charge on any atom is 0.293 e. The molecule has 0 unspecified atom stereocenters. The van der Waals surface area contributed by atoms with Crippen LogP contribution in [-0.2, 0) is 0 Å². The van der Waals surface area contributed by atoms with Crippen LogP contribution in [0.5, 0.6) is 0 Å². The first-order valence-corrected chi connectivity index (χ1v) is 9.71. The fourth-order valence-corrected chi connectivity index (χ4v) is 3.48. The summed E-state index contributed by atoms with van der Waals surface area (Å²) in [5.41, 5.74) is 3.21. The van der Waals surface area contributed by atoms with Crippen LogP contribution in [0.3, 0.4) is 0 Å². The molecule has 7 nitrogen and oxygen atoms in total. The molecule has 150 valence electrons. The Morgan fingerprint density at radius 1 is 0.967 bits per heavy atom. The van der Waals surface area contributed by atoms with Gasteiger partial charge in [-0.2, -0.15) is 0 Å². The Morgan fingerprint density at radius 3 is 2.17 bits per heavy atom. The Hall–Kier alpha value is -4.00. The summed E-state index contributed by atoms with van der Waals surface area (Å²) < 4.78 is 0. The standard InChI is InChI=1S/C23H21N5O2/c1-2-24-20-14-19-18(13-21(20)28(29)30)23(26-15-25-19)27-22(16-9-5-3-6-10-16)17-11-7-4-8-12-17/h3-15,22,24H,2H2,1H3,(H,25,26,27). The quantitative estimate of drug-likeness (QED) is 0.329. The number of anilines is 2. The minimum Gasteiger partial charge on any atom is -0.380 e. The van der Waals surface area contributed by atoms with Gasteiger partial charge in [0.25, 0.3) is 5.69 Å². The van der Waals surface area contributed by atoms with E-state index in [2.05, 4.69) is 20.6 Å². The number of hydrogen-bond donors (Lipinski definition) is 2. The first-order valence-electron chi connectivity index (χ1n) is 9.71. The molecule has 4 aromatic rings. The van der Waals surface area contributed by atoms with Gasteiger partial charge in [0.15, 0.2) is 0 Å². The fourth-order valence-electron chi connectivity index (χ4n) is 3.48. The number of benzene rings is 3. The van der Waals surface area contributed by atoms with E-state index in [0.29, 0.717) is 29.0 Å². The molecule has 2 N–H and O–H groups in total. The van der Waals surface area contributed by atoms with Crippen LogP contribution in [-0.4, -0.2) is 21.4 Å². The molecule has 30 heavy (non-hydrogen) atoms. The molecular formula is C23H21N5O2. The number of nitrogens with one attached hydrogen (secondary N) is 2. The topological polar surface area (TPSA) is 93.0 Å². The summed E-state index contributed by atoms with van der Waals surface area (Å²) in [4.78, 5) is 20.0. The molecule has 0 aliphatic rings. The van der Waals surface area contributed by atoms with Crippen LogP contribution >= 0.6 is 0 Å². The molecule has 0 spiro atoms. The lowest BCUT2D eigenvalue weighted by molar-refractivity contribution is -0.383. The Kier molecular flexibility index (Phi) is 5.52. The van der Waals surface area contributed by atoms with Gasteiger partial charge in [-0.15, -0.1) is 0 Å². The van der Waals surface area contributed by atoms with Gasteiger partial charge in [0.1, 0.15) is 17.8 Å². The van der Waals surface area contributed by atoms with E-state index in [4.69, 9.17) is 0 Å². The van der Waals surface area contributed by atoms with Crippen LogP contribution in [0.2, 0.25) is 0 Å².